The predicted molar refractivity (Wildman–Crippen MR) is 114 cm³/mol. The number of amides is 2. The molecule has 1 atom stereocenters. The number of nitrogens with two attached hydrogens (primary N) is 1. The molecule has 0 saturated carbocycles. The van der Waals surface area contributed by atoms with Crippen LogP contribution in [0.15, 0.2) is 58.7 Å². The molecule has 158 valence electrons. The van der Waals surface area contributed by atoms with Gasteiger partial charge in [0.2, 0.25) is 11.8 Å². The van der Waals surface area contributed by atoms with E-state index in [9.17, 15) is 29.8 Å². The number of thioether (sulfide) groups is 1. The van der Waals surface area contributed by atoms with Crippen molar-refractivity contribution in [1.29, 1.82) is 0 Å². The molecule has 0 radical (unpaired) electrons. The summed E-state index contributed by atoms with van der Waals surface area (Å²) in [5.41, 5.74) is 5.95. The Morgan fingerprint density at radius 3 is 2.42 bits per heavy atom. The predicted octanol–water partition coefficient (Wildman–Crippen LogP) is 2.22. The summed E-state index contributed by atoms with van der Waals surface area (Å²) < 4.78 is 0. The number of non-ortho nitro benzene ring substituents is 2. The van der Waals surface area contributed by atoms with E-state index in [0.29, 0.717) is 5.56 Å². The molecule has 2 aromatic carbocycles. The third kappa shape index (κ3) is 5.08. The fourth-order valence-electron chi connectivity index (χ4n) is 2.75. The number of rotatable bonds is 6. The SMILES string of the molecule is NC(=N/N=C\c1cccc([N+](=O)[O-])c1)S[C@H]1CC(=O)N(c2cccc([N+](=O)[O-])c2)C1=O. The maximum Gasteiger partial charge on any atom is 0.271 e. The van der Waals surface area contributed by atoms with Crippen LogP contribution >= 0.6 is 11.8 Å². The Bertz CT molecular complexity index is 1130. The van der Waals surface area contributed by atoms with Crippen LogP contribution < -0.4 is 10.6 Å². The Morgan fingerprint density at radius 1 is 1.10 bits per heavy atom. The van der Waals surface area contributed by atoms with Gasteiger partial charge in [-0.15, -0.1) is 5.10 Å². The molecule has 1 aliphatic heterocycles. The minimum atomic E-state index is -0.858. The number of nitrogens with zero attached hydrogens (tertiary/aromatic N) is 5. The number of imide groups is 1. The van der Waals surface area contributed by atoms with Crippen molar-refractivity contribution in [2.45, 2.75) is 11.7 Å². The number of hydrogen-bond donors (Lipinski definition) is 1. The molecule has 2 N–H and O–H groups in total. The fourth-order valence-corrected chi connectivity index (χ4v) is 3.57. The standard InChI is InChI=1S/C18H14N6O6S/c19-18(21-20-10-11-3-1-5-13(7-11)23(27)28)31-15-9-16(25)22(17(15)26)12-4-2-6-14(8-12)24(29)30/h1-8,10,15H,9H2,(H2,19,21)/b20-10-/t15-/m0/s1. The van der Waals surface area contributed by atoms with Gasteiger partial charge in [-0.2, -0.15) is 5.10 Å². The third-order valence-electron chi connectivity index (χ3n) is 4.11. The van der Waals surface area contributed by atoms with Gasteiger partial charge in [0.1, 0.15) is 5.25 Å². The second-order valence-corrected chi connectivity index (χ2v) is 7.41. The van der Waals surface area contributed by atoms with E-state index in [0.717, 1.165) is 22.7 Å². The Morgan fingerprint density at radius 2 is 1.74 bits per heavy atom. The molecule has 2 amide bonds. The third-order valence-corrected chi connectivity index (χ3v) is 5.09. The normalized spacial score (nSPS) is 16.8. The van der Waals surface area contributed by atoms with Crippen molar-refractivity contribution in [2.75, 3.05) is 4.90 Å². The summed E-state index contributed by atoms with van der Waals surface area (Å²) in [7, 11) is 0. The molecule has 0 aliphatic carbocycles. The lowest BCUT2D eigenvalue weighted by atomic mass is 10.2. The number of amidine groups is 1. The molecule has 1 heterocycles. The van der Waals surface area contributed by atoms with Crippen LogP contribution in [0, 0.1) is 20.2 Å². The number of benzene rings is 2. The number of hydrogen-bond acceptors (Lipinski definition) is 9. The summed E-state index contributed by atoms with van der Waals surface area (Å²) in [5.74, 6) is -1.09. The second kappa shape index (κ2) is 9.13. The Labute approximate surface area is 178 Å². The van der Waals surface area contributed by atoms with E-state index in [4.69, 9.17) is 5.73 Å². The lowest BCUT2D eigenvalue weighted by molar-refractivity contribution is -0.385. The molecule has 1 saturated heterocycles. The summed E-state index contributed by atoms with van der Waals surface area (Å²) in [6, 6.07) is 10.9. The van der Waals surface area contributed by atoms with Gasteiger partial charge in [-0.3, -0.25) is 29.8 Å². The molecule has 3 rings (SSSR count). The van der Waals surface area contributed by atoms with E-state index in [-0.39, 0.29) is 28.7 Å². The quantitative estimate of drug-likeness (QED) is 0.233. The zero-order valence-electron chi connectivity index (χ0n) is 15.7. The first-order valence-electron chi connectivity index (χ1n) is 8.65. The molecular formula is C18H14N6O6S. The van der Waals surface area contributed by atoms with Crippen molar-refractivity contribution in [3.63, 3.8) is 0 Å². The Hall–Kier alpha value is -4.13. The summed E-state index contributed by atoms with van der Waals surface area (Å²) in [5, 5.41) is 28.2. The summed E-state index contributed by atoms with van der Waals surface area (Å²) in [4.78, 5) is 46.4. The maximum absolute atomic E-state index is 12.6. The average molecular weight is 442 g/mol. The first-order valence-corrected chi connectivity index (χ1v) is 9.53. The summed E-state index contributed by atoms with van der Waals surface area (Å²) in [6.07, 6.45) is 1.11. The minimum Gasteiger partial charge on any atom is -0.377 e. The number of carbonyl (C=O) groups excluding carboxylic acids is 2. The van der Waals surface area contributed by atoms with Gasteiger partial charge in [0, 0.05) is 36.2 Å². The molecule has 31 heavy (non-hydrogen) atoms. The zero-order valence-corrected chi connectivity index (χ0v) is 16.5. The molecule has 12 nitrogen and oxygen atoms in total. The van der Waals surface area contributed by atoms with Gasteiger partial charge in [0.05, 0.1) is 21.7 Å². The van der Waals surface area contributed by atoms with Gasteiger partial charge >= 0.3 is 0 Å². The van der Waals surface area contributed by atoms with E-state index >= 15 is 0 Å². The maximum atomic E-state index is 12.6. The van der Waals surface area contributed by atoms with Gasteiger partial charge in [0.15, 0.2) is 5.17 Å². The van der Waals surface area contributed by atoms with Gasteiger partial charge < -0.3 is 5.73 Å². The monoisotopic (exact) mass is 442 g/mol. The van der Waals surface area contributed by atoms with Crippen LogP contribution in [0.3, 0.4) is 0 Å². The largest absolute Gasteiger partial charge is 0.377 e. The van der Waals surface area contributed by atoms with Gasteiger partial charge in [0.25, 0.3) is 11.4 Å². The van der Waals surface area contributed by atoms with Crippen LogP contribution in [0.5, 0.6) is 0 Å². The van der Waals surface area contributed by atoms with Gasteiger partial charge in [-0.25, -0.2) is 4.90 Å². The summed E-state index contributed by atoms with van der Waals surface area (Å²) >= 11 is 0.831. The first-order chi connectivity index (χ1) is 14.8. The van der Waals surface area contributed by atoms with E-state index in [1.807, 2.05) is 0 Å². The van der Waals surface area contributed by atoms with Crippen molar-refractivity contribution in [2.24, 2.45) is 15.9 Å². The van der Waals surface area contributed by atoms with E-state index < -0.39 is 26.9 Å². The topological polar surface area (TPSA) is 174 Å². The highest BCUT2D eigenvalue weighted by Gasteiger charge is 2.41. The van der Waals surface area contributed by atoms with Gasteiger partial charge in [-0.1, -0.05) is 30.0 Å². The lowest BCUT2D eigenvalue weighted by Gasteiger charge is -2.14. The smallest absolute Gasteiger partial charge is 0.271 e. The highest BCUT2D eigenvalue weighted by atomic mass is 32.2. The number of carbonyl (C=O) groups is 2. The second-order valence-electron chi connectivity index (χ2n) is 6.19. The highest BCUT2D eigenvalue weighted by Crippen LogP contribution is 2.31. The van der Waals surface area contributed by atoms with Crippen LogP contribution in [-0.4, -0.2) is 38.3 Å². The average Bonchev–Trinajstić information content (AvgIpc) is 3.01. The lowest BCUT2D eigenvalue weighted by Crippen LogP contribution is -2.31. The molecule has 0 unspecified atom stereocenters. The zero-order chi connectivity index (χ0) is 22.5. The van der Waals surface area contributed by atoms with E-state index in [2.05, 4.69) is 10.2 Å². The Kier molecular flexibility index (Phi) is 6.35. The van der Waals surface area contributed by atoms with E-state index in [1.54, 1.807) is 6.07 Å². The van der Waals surface area contributed by atoms with Crippen LogP contribution in [-0.2, 0) is 9.59 Å². The van der Waals surface area contributed by atoms with Crippen LogP contribution in [0.25, 0.3) is 0 Å². The van der Waals surface area contributed by atoms with Crippen molar-refractivity contribution >= 4 is 52.0 Å². The summed E-state index contributed by atoms with van der Waals surface area (Å²) in [6.45, 7) is 0. The number of nitro groups is 2. The van der Waals surface area contributed by atoms with Crippen molar-refractivity contribution in [1.82, 2.24) is 0 Å². The first kappa shape index (κ1) is 21.6. The molecule has 0 spiro atoms. The Balaban J connectivity index is 1.69. The van der Waals surface area contributed by atoms with Crippen molar-refractivity contribution in [3.05, 3.63) is 74.3 Å². The molecular weight excluding hydrogens is 428 g/mol. The van der Waals surface area contributed by atoms with Crippen molar-refractivity contribution in [3.8, 4) is 0 Å². The number of anilines is 1. The molecule has 1 fully saturated rings. The fraction of sp³-hybridized carbons (Fsp3) is 0.111. The van der Waals surface area contributed by atoms with E-state index in [1.165, 1.54) is 42.6 Å². The van der Waals surface area contributed by atoms with Gasteiger partial charge in [-0.05, 0) is 6.07 Å². The molecule has 0 aromatic heterocycles. The highest BCUT2D eigenvalue weighted by molar-refractivity contribution is 8.14. The molecule has 1 aliphatic rings. The van der Waals surface area contributed by atoms with Crippen LogP contribution in [0.4, 0.5) is 17.1 Å². The number of nitro benzene ring substituents is 2. The van der Waals surface area contributed by atoms with Crippen molar-refractivity contribution < 1.29 is 19.4 Å². The van der Waals surface area contributed by atoms with Crippen LogP contribution in [0.1, 0.15) is 12.0 Å². The minimum absolute atomic E-state index is 0.0891. The molecule has 13 heteroatoms. The van der Waals surface area contributed by atoms with Crippen LogP contribution in [0.2, 0.25) is 0 Å². The molecule has 0 bridgehead atoms. The molecule has 2 aromatic rings.